The number of ether oxygens (including phenoxy) is 4. The normalized spacial score (nSPS) is 13.8. The van der Waals surface area contributed by atoms with Gasteiger partial charge in [-0.05, 0) is 97.9 Å². The molecule has 1 aliphatic carbocycles. The lowest BCUT2D eigenvalue weighted by Crippen LogP contribution is -2.56. The van der Waals surface area contributed by atoms with E-state index in [0.717, 1.165) is 145 Å². The number of nitrogens with one attached hydrogen (secondary N) is 10. The van der Waals surface area contributed by atoms with Crippen LogP contribution in [-0.2, 0) is 54.5 Å². The first-order valence-corrected chi connectivity index (χ1v) is 35.4. The highest BCUT2D eigenvalue weighted by Gasteiger charge is 2.37. The number of hydrogen-bond donors (Lipinski definition) is 12. The number of amides is 10. The number of carbonyl (C=O) groups excluding carboxylic acids is 8. The lowest BCUT2D eigenvalue weighted by molar-refractivity contribution is -0.140. The van der Waals surface area contributed by atoms with E-state index in [1.807, 2.05) is 21.3 Å². The number of urea groups is 2. The van der Waals surface area contributed by atoms with Crippen LogP contribution in [0.25, 0.3) is 0 Å². The van der Waals surface area contributed by atoms with Crippen molar-refractivity contribution in [3.8, 4) is 23.0 Å². The summed E-state index contributed by atoms with van der Waals surface area (Å²) < 4.78 is 27.4. The zero-order chi connectivity index (χ0) is 72.3. The fourth-order valence-corrected chi connectivity index (χ4v) is 12.1. The Balaban J connectivity index is 0.922. The van der Waals surface area contributed by atoms with Crippen LogP contribution in [-0.4, -0.2) is 130 Å². The number of carbonyl (C=O) groups is 8. The van der Waals surface area contributed by atoms with Gasteiger partial charge in [-0.1, -0.05) is 103 Å². The minimum atomic E-state index is -1.25. The fraction of sp³-hybridized carbons (Fsp3) is 0.472. The Hall–Kier alpha value is -10.9. The Morgan fingerprint density at radius 2 is 0.686 bits per heavy atom. The summed E-state index contributed by atoms with van der Waals surface area (Å²) in [5.74, 6) is -2.36. The second-order valence-corrected chi connectivity index (χ2v) is 25.3. The average Bonchev–Trinajstić information content (AvgIpc) is 0.778. The smallest absolute Gasteiger partial charge is 0.328 e. The highest BCUT2D eigenvalue weighted by atomic mass is 16.5. The maximum absolute atomic E-state index is 12.4. The van der Waals surface area contributed by atoms with Crippen molar-refractivity contribution in [1.29, 1.82) is 0 Å². The largest absolute Gasteiger partial charge is 0.493 e. The second kappa shape index (κ2) is 38.0. The molecule has 544 valence electrons. The van der Waals surface area contributed by atoms with Gasteiger partial charge in [-0.25, -0.2) is 9.59 Å². The summed E-state index contributed by atoms with van der Waals surface area (Å²) >= 11 is 0. The number of imide groups is 4. The van der Waals surface area contributed by atoms with Crippen LogP contribution in [0, 0.1) is 11.8 Å². The standard InChI is InChI=1S/C72H94N18O12/c1-5-29-99-57-43-21-19-22-44(57)34-48-38-52(80-70-88-66(74)86-68(90-70)78-28-18-14-10-12-16-26-76-56(92)42-54-63(95)83-72(98)84-64(54)96)40-50(60(48)102-32-8-4)36-46-24-20-23-45(58(46)100-30-6-2)35-49-39-51(37-47(33-43)59(49)101-31-7-3)79-69-87-65(73)85-67(89-69)77-27-17-13-9-11-15-25-75-55(91)41-53-61(93)81-71(97)82-62(53)94/h19-24,37-40,53-54H,5-18,25-36,41-42H2,1-4H3,(H,75,91)(H,76,92)(H2,81,82,93,94,97)(H2,83,84,95,96,98)(H4,73,77,79,85,87,89)(H4,74,78,80,86,88,90). The summed E-state index contributed by atoms with van der Waals surface area (Å²) in [6.07, 6.45) is 12.3. The Morgan fingerprint density at radius 3 is 1.00 bits per heavy atom. The number of unbranched alkanes of at least 4 members (excludes halogenated alkanes) is 8. The third kappa shape index (κ3) is 22.0. The molecule has 8 bridgehead atoms. The summed E-state index contributed by atoms with van der Waals surface area (Å²) in [7, 11) is 0. The Morgan fingerprint density at radius 1 is 0.402 bits per heavy atom. The van der Waals surface area contributed by atoms with E-state index < -0.39 is 59.3 Å². The average molecular weight is 1400 g/mol. The number of barbiturate groups is 2. The van der Waals surface area contributed by atoms with Crippen molar-refractivity contribution in [1.82, 2.24) is 61.8 Å². The summed E-state index contributed by atoms with van der Waals surface area (Å²) in [4.78, 5) is 123. The van der Waals surface area contributed by atoms with Crippen LogP contribution in [0.1, 0.15) is 175 Å². The van der Waals surface area contributed by atoms with Gasteiger partial charge in [0.25, 0.3) is 0 Å². The van der Waals surface area contributed by atoms with Gasteiger partial charge in [0.05, 0.1) is 26.4 Å². The quantitative estimate of drug-likeness (QED) is 0.0128. The summed E-state index contributed by atoms with van der Waals surface area (Å²) in [6.45, 7) is 12.1. The zero-order valence-corrected chi connectivity index (χ0v) is 58.5. The second-order valence-electron chi connectivity index (χ2n) is 25.3. The van der Waals surface area contributed by atoms with Gasteiger partial charge in [0, 0.05) is 98.3 Å². The molecule has 0 spiro atoms. The van der Waals surface area contributed by atoms with E-state index in [0.29, 0.717) is 114 Å². The summed E-state index contributed by atoms with van der Waals surface area (Å²) in [6, 6.07) is 19.0. The van der Waals surface area contributed by atoms with Crippen LogP contribution in [0.2, 0.25) is 0 Å². The van der Waals surface area contributed by atoms with Crippen molar-refractivity contribution in [3.05, 3.63) is 105 Å². The van der Waals surface area contributed by atoms with Gasteiger partial charge >= 0.3 is 12.1 Å². The predicted molar refractivity (Wildman–Crippen MR) is 384 cm³/mol. The summed E-state index contributed by atoms with van der Waals surface area (Å²) in [5, 5.41) is 27.1. The van der Waals surface area contributed by atoms with Gasteiger partial charge in [-0.3, -0.25) is 50.0 Å². The highest BCUT2D eigenvalue weighted by Crippen LogP contribution is 2.42. The van der Waals surface area contributed by atoms with Crippen LogP contribution >= 0.6 is 0 Å². The van der Waals surface area contributed by atoms with E-state index >= 15 is 0 Å². The van der Waals surface area contributed by atoms with Crippen molar-refractivity contribution in [3.63, 3.8) is 0 Å². The van der Waals surface area contributed by atoms with Gasteiger partial charge in [-0.15, -0.1) is 0 Å². The molecule has 0 unspecified atom stereocenters. The number of nitrogens with zero attached hydrogens (tertiary/aromatic N) is 6. The molecule has 30 nitrogen and oxygen atoms in total. The van der Waals surface area contributed by atoms with E-state index in [1.54, 1.807) is 0 Å². The number of anilines is 8. The van der Waals surface area contributed by atoms with Crippen molar-refractivity contribution >= 4 is 94.6 Å². The maximum Gasteiger partial charge on any atom is 0.328 e. The number of para-hydroxylation sites is 2. The molecule has 14 N–H and O–H groups in total. The minimum absolute atomic E-state index is 0.0302. The number of hydrogen-bond acceptors (Lipinski definition) is 24. The molecule has 10 amide bonds. The molecule has 0 atom stereocenters. The van der Waals surface area contributed by atoms with Gasteiger partial charge in [0.15, 0.2) is 0 Å². The molecular formula is C72H94N18O12. The first-order chi connectivity index (χ1) is 49.5. The number of fused-ring (bicyclic) bond motifs is 8. The minimum Gasteiger partial charge on any atom is -0.493 e. The molecule has 0 saturated carbocycles. The van der Waals surface area contributed by atoms with Crippen molar-refractivity contribution in [2.75, 3.05) is 85.3 Å². The molecule has 3 aliphatic rings. The Labute approximate surface area is 592 Å². The number of aromatic nitrogens is 6. The molecule has 2 aromatic heterocycles. The van der Waals surface area contributed by atoms with Crippen LogP contribution in [0.5, 0.6) is 23.0 Å². The molecule has 0 radical (unpaired) electrons. The van der Waals surface area contributed by atoms with E-state index in [2.05, 4.69) is 140 Å². The Kier molecular flexibility index (Phi) is 28.1. The molecule has 6 aromatic rings. The third-order valence-electron chi connectivity index (χ3n) is 16.9. The topological polar surface area (TPSA) is 423 Å². The van der Waals surface area contributed by atoms with Crippen molar-refractivity contribution < 1.29 is 57.3 Å². The molecule has 102 heavy (non-hydrogen) atoms. The molecule has 30 heteroatoms. The molecular weight excluding hydrogens is 1310 g/mol. The van der Waals surface area contributed by atoms with Crippen LogP contribution in [0.3, 0.4) is 0 Å². The number of benzene rings is 4. The lowest BCUT2D eigenvalue weighted by atomic mass is 9.90. The van der Waals surface area contributed by atoms with E-state index in [1.165, 1.54) is 0 Å². The number of rotatable bonds is 38. The van der Waals surface area contributed by atoms with Gasteiger partial charge in [0.1, 0.15) is 34.8 Å². The molecule has 2 fully saturated rings. The number of nitrogens with two attached hydrogens (primary N) is 2. The molecule has 9 rings (SSSR count). The molecule has 2 saturated heterocycles. The van der Waals surface area contributed by atoms with Crippen LogP contribution in [0.15, 0.2) is 60.7 Å². The molecule has 4 heterocycles. The van der Waals surface area contributed by atoms with E-state index in [4.69, 9.17) is 40.4 Å². The first-order valence-electron chi connectivity index (χ1n) is 35.4. The SMILES string of the molecule is CCCOc1c2cccc1Cc1cc(Nc3nc(N)nc(NCCCCCCCNC(=O)CC4C(=O)NC(=O)NC4=O)n3)cc(c1OCCC)Cc1cccc(c1OCCC)Cc1cc(Nc3nc(N)nc(NCCCCCCCNC(=O)CC4C(=O)NC(=O)NC4=O)n3)cc(c1OCCC)C2. The first kappa shape index (κ1) is 75.3. The Bertz CT molecular complexity index is 3590. The van der Waals surface area contributed by atoms with Gasteiger partial charge in [0.2, 0.25) is 71.1 Å². The van der Waals surface area contributed by atoms with Gasteiger partial charge in [-0.2, -0.15) is 29.9 Å². The zero-order valence-electron chi connectivity index (χ0n) is 58.5. The maximum atomic E-state index is 12.4. The van der Waals surface area contributed by atoms with Crippen LogP contribution in [0.4, 0.5) is 56.7 Å². The van der Waals surface area contributed by atoms with Gasteiger partial charge < -0.3 is 62.3 Å². The van der Waals surface area contributed by atoms with Crippen molar-refractivity contribution in [2.24, 2.45) is 11.8 Å². The van der Waals surface area contributed by atoms with E-state index in [9.17, 15) is 38.4 Å². The third-order valence-corrected chi connectivity index (χ3v) is 16.9. The lowest BCUT2D eigenvalue weighted by Gasteiger charge is -2.24. The fourth-order valence-electron chi connectivity index (χ4n) is 12.1. The highest BCUT2D eigenvalue weighted by molar-refractivity contribution is 6.18. The van der Waals surface area contributed by atoms with Crippen molar-refractivity contribution in [2.45, 2.75) is 156 Å². The molecule has 2 aliphatic heterocycles. The summed E-state index contributed by atoms with van der Waals surface area (Å²) in [5.41, 5.74) is 21.6. The van der Waals surface area contributed by atoms with Crippen LogP contribution < -0.4 is 83.6 Å². The molecule has 4 aromatic carbocycles. The monoisotopic (exact) mass is 1400 g/mol. The number of nitrogen functional groups attached to an aromatic ring is 2. The predicted octanol–water partition coefficient (Wildman–Crippen LogP) is 8.24. The van der Waals surface area contributed by atoms with E-state index in [-0.39, 0.29) is 36.6 Å².